The molecule has 2 aromatic carbocycles. The van der Waals surface area contributed by atoms with Gasteiger partial charge < -0.3 is 9.47 Å². The molecule has 2 rings (SSSR count). The van der Waals surface area contributed by atoms with Crippen molar-refractivity contribution in [2.24, 2.45) is 0 Å². The quantitative estimate of drug-likeness (QED) is 0.580. The summed E-state index contributed by atoms with van der Waals surface area (Å²) in [6.45, 7) is 2.01. The van der Waals surface area contributed by atoms with Gasteiger partial charge in [-0.25, -0.2) is 0 Å². The standard InChI is InChI=1S/C14H14ClIO2/c1-8-12(7-15)14(18-3)11-6-9(16)4-5-10(11)13(8)17-2/h4-6H,7H2,1-3H3. The Kier molecular flexibility index (Phi) is 4.22. The summed E-state index contributed by atoms with van der Waals surface area (Å²) in [7, 11) is 3.36. The van der Waals surface area contributed by atoms with E-state index < -0.39 is 0 Å². The summed E-state index contributed by atoms with van der Waals surface area (Å²) in [6.07, 6.45) is 0. The molecule has 4 heteroatoms. The molecule has 0 radical (unpaired) electrons. The number of fused-ring (bicyclic) bond motifs is 1. The molecule has 0 N–H and O–H groups in total. The van der Waals surface area contributed by atoms with Crippen LogP contribution in [-0.2, 0) is 5.88 Å². The molecule has 0 amide bonds. The van der Waals surface area contributed by atoms with Gasteiger partial charge in [0.2, 0.25) is 0 Å². The first-order valence-corrected chi connectivity index (χ1v) is 7.14. The van der Waals surface area contributed by atoms with Gasteiger partial charge in [0.25, 0.3) is 0 Å². The number of alkyl halides is 1. The van der Waals surface area contributed by atoms with Crippen LogP contribution >= 0.6 is 34.2 Å². The molecule has 0 unspecified atom stereocenters. The van der Waals surface area contributed by atoms with E-state index in [4.69, 9.17) is 21.1 Å². The van der Waals surface area contributed by atoms with Crippen LogP contribution in [0.25, 0.3) is 10.8 Å². The van der Waals surface area contributed by atoms with Gasteiger partial charge in [0.1, 0.15) is 11.5 Å². The van der Waals surface area contributed by atoms with Gasteiger partial charge in [-0.15, -0.1) is 11.6 Å². The summed E-state index contributed by atoms with van der Waals surface area (Å²) in [5.74, 6) is 2.13. The van der Waals surface area contributed by atoms with Crippen molar-refractivity contribution in [3.05, 3.63) is 32.9 Å². The maximum absolute atomic E-state index is 6.05. The molecular weight excluding hydrogens is 363 g/mol. The molecule has 2 nitrogen and oxygen atoms in total. The van der Waals surface area contributed by atoms with Crippen LogP contribution in [0.1, 0.15) is 11.1 Å². The van der Waals surface area contributed by atoms with E-state index in [1.54, 1.807) is 14.2 Å². The first-order valence-electron chi connectivity index (χ1n) is 5.52. The van der Waals surface area contributed by atoms with E-state index in [1.165, 1.54) is 0 Å². The minimum absolute atomic E-state index is 0.410. The molecule has 0 spiro atoms. The summed E-state index contributed by atoms with van der Waals surface area (Å²) in [6, 6.07) is 6.21. The van der Waals surface area contributed by atoms with E-state index >= 15 is 0 Å². The second-order valence-electron chi connectivity index (χ2n) is 3.99. The number of hydrogen-bond donors (Lipinski definition) is 0. The van der Waals surface area contributed by atoms with Crippen molar-refractivity contribution in [1.82, 2.24) is 0 Å². The Morgan fingerprint density at radius 2 is 1.78 bits per heavy atom. The third-order valence-electron chi connectivity index (χ3n) is 3.08. The fourth-order valence-corrected chi connectivity index (χ4v) is 3.04. The predicted octanol–water partition coefficient (Wildman–Crippen LogP) is 4.51. The first kappa shape index (κ1) is 13.7. The van der Waals surface area contributed by atoms with Gasteiger partial charge in [-0.05, 0) is 53.3 Å². The van der Waals surface area contributed by atoms with Crippen LogP contribution < -0.4 is 9.47 Å². The minimum atomic E-state index is 0.410. The van der Waals surface area contributed by atoms with Crippen LogP contribution in [0, 0.1) is 10.5 Å². The third kappa shape index (κ3) is 2.14. The summed E-state index contributed by atoms with van der Waals surface area (Å²) >= 11 is 8.34. The number of benzene rings is 2. The zero-order valence-corrected chi connectivity index (χ0v) is 13.4. The van der Waals surface area contributed by atoms with Crippen LogP contribution in [0.5, 0.6) is 11.5 Å². The molecule has 0 heterocycles. The largest absolute Gasteiger partial charge is 0.496 e. The molecule has 18 heavy (non-hydrogen) atoms. The number of halogens is 2. The molecule has 0 aliphatic heterocycles. The molecule has 0 saturated heterocycles. The molecule has 2 aromatic rings. The smallest absolute Gasteiger partial charge is 0.131 e. The number of rotatable bonds is 3. The fourth-order valence-electron chi connectivity index (χ4n) is 2.23. The second-order valence-corrected chi connectivity index (χ2v) is 5.51. The Bertz CT molecular complexity index is 596. The highest BCUT2D eigenvalue weighted by atomic mass is 127. The minimum Gasteiger partial charge on any atom is -0.496 e. The van der Waals surface area contributed by atoms with Gasteiger partial charge in [0.15, 0.2) is 0 Å². The predicted molar refractivity (Wildman–Crippen MR) is 84.1 cm³/mol. The summed E-state index contributed by atoms with van der Waals surface area (Å²) < 4.78 is 12.2. The molecule has 0 saturated carbocycles. The van der Waals surface area contributed by atoms with E-state index in [9.17, 15) is 0 Å². The molecule has 0 aliphatic rings. The highest BCUT2D eigenvalue weighted by Gasteiger charge is 2.17. The van der Waals surface area contributed by atoms with Gasteiger partial charge in [-0.3, -0.25) is 0 Å². The van der Waals surface area contributed by atoms with E-state index in [1.807, 2.05) is 6.92 Å². The van der Waals surface area contributed by atoms with Crippen molar-refractivity contribution in [3.8, 4) is 11.5 Å². The molecule has 0 aliphatic carbocycles. The average molecular weight is 377 g/mol. The van der Waals surface area contributed by atoms with E-state index in [-0.39, 0.29) is 0 Å². The summed E-state index contributed by atoms with van der Waals surface area (Å²) in [5, 5.41) is 2.10. The lowest BCUT2D eigenvalue weighted by atomic mass is 9.99. The lowest BCUT2D eigenvalue weighted by molar-refractivity contribution is 0.405. The average Bonchev–Trinajstić information content (AvgIpc) is 2.37. The monoisotopic (exact) mass is 376 g/mol. The van der Waals surface area contributed by atoms with Crippen molar-refractivity contribution in [2.75, 3.05) is 14.2 Å². The van der Waals surface area contributed by atoms with Gasteiger partial charge in [-0.1, -0.05) is 0 Å². The van der Waals surface area contributed by atoms with Gasteiger partial charge in [0, 0.05) is 19.9 Å². The Labute approximate surface area is 125 Å². The lowest BCUT2D eigenvalue weighted by Gasteiger charge is -2.17. The zero-order valence-electron chi connectivity index (χ0n) is 10.5. The van der Waals surface area contributed by atoms with E-state index in [0.717, 1.165) is 37.0 Å². The Morgan fingerprint density at radius 1 is 1.11 bits per heavy atom. The molecule has 96 valence electrons. The second kappa shape index (κ2) is 5.53. The van der Waals surface area contributed by atoms with Crippen LogP contribution in [0.2, 0.25) is 0 Å². The first-order chi connectivity index (χ1) is 8.63. The van der Waals surface area contributed by atoms with Crippen molar-refractivity contribution < 1.29 is 9.47 Å². The highest BCUT2D eigenvalue weighted by Crippen LogP contribution is 2.41. The van der Waals surface area contributed by atoms with Gasteiger partial charge in [-0.2, -0.15) is 0 Å². The van der Waals surface area contributed by atoms with E-state index in [0.29, 0.717) is 5.88 Å². The molecule has 0 bridgehead atoms. The van der Waals surface area contributed by atoms with E-state index in [2.05, 4.69) is 40.8 Å². The van der Waals surface area contributed by atoms with Crippen molar-refractivity contribution in [1.29, 1.82) is 0 Å². The highest BCUT2D eigenvalue weighted by molar-refractivity contribution is 14.1. The molecule has 0 aromatic heterocycles. The maximum atomic E-state index is 6.05. The van der Waals surface area contributed by atoms with Crippen LogP contribution in [0.3, 0.4) is 0 Å². The third-order valence-corrected chi connectivity index (χ3v) is 4.02. The van der Waals surface area contributed by atoms with Crippen molar-refractivity contribution in [3.63, 3.8) is 0 Å². The van der Waals surface area contributed by atoms with Crippen molar-refractivity contribution >= 4 is 45.0 Å². The zero-order chi connectivity index (χ0) is 13.3. The Balaban J connectivity index is 2.96. The topological polar surface area (TPSA) is 18.5 Å². The summed E-state index contributed by atoms with van der Waals surface area (Å²) in [4.78, 5) is 0. The van der Waals surface area contributed by atoms with Crippen LogP contribution in [0.4, 0.5) is 0 Å². The SMILES string of the molecule is COc1c(C)c(CCl)c(OC)c2cc(I)ccc12. The van der Waals surface area contributed by atoms with Gasteiger partial charge in [0.05, 0.1) is 20.1 Å². The van der Waals surface area contributed by atoms with Gasteiger partial charge >= 0.3 is 0 Å². The summed E-state index contributed by atoms with van der Waals surface area (Å²) in [5.41, 5.74) is 2.03. The number of hydrogen-bond acceptors (Lipinski definition) is 2. The molecule has 0 fully saturated rings. The number of ether oxygens (including phenoxy) is 2. The Hall–Kier alpha value is -0.680. The van der Waals surface area contributed by atoms with Crippen molar-refractivity contribution in [2.45, 2.75) is 12.8 Å². The van der Waals surface area contributed by atoms with Crippen LogP contribution in [0.15, 0.2) is 18.2 Å². The normalized spacial score (nSPS) is 10.7. The fraction of sp³-hybridized carbons (Fsp3) is 0.286. The molecule has 0 atom stereocenters. The molecular formula is C14H14ClIO2. The maximum Gasteiger partial charge on any atom is 0.131 e. The van der Waals surface area contributed by atoms with Crippen LogP contribution in [-0.4, -0.2) is 14.2 Å². The lowest BCUT2D eigenvalue weighted by Crippen LogP contribution is -1.99. The Morgan fingerprint density at radius 3 is 2.33 bits per heavy atom. The number of methoxy groups -OCH3 is 2.